The van der Waals surface area contributed by atoms with E-state index in [0.717, 1.165) is 4.47 Å². The van der Waals surface area contributed by atoms with E-state index in [1.54, 1.807) is 18.3 Å². The molecule has 0 radical (unpaired) electrons. The van der Waals surface area contributed by atoms with Crippen LogP contribution in [0, 0.1) is 0 Å². The number of anilines is 1. The molecule has 0 saturated carbocycles. The first-order valence-electron chi connectivity index (χ1n) is 4.99. The molecule has 18 heavy (non-hydrogen) atoms. The number of halogens is 1. The molecule has 3 N–H and O–H groups in total. The number of nitrogens with two attached hydrogens (primary N) is 1. The summed E-state index contributed by atoms with van der Waals surface area (Å²) in [5, 5.41) is 10.3. The smallest absolute Gasteiger partial charge is 0.276 e. The van der Waals surface area contributed by atoms with Gasteiger partial charge in [0.05, 0.1) is 0 Å². The van der Waals surface area contributed by atoms with Gasteiger partial charge < -0.3 is 10.3 Å². The molecule has 0 saturated heterocycles. The van der Waals surface area contributed by atoms with Crippen molar-refractivity contribution in [3.8, 4) is 23.1 Å². The maximum Gasteiger partial charge on any atom is 0.276 e. The average Bonchev–Trinajstić information content (AvgIpc) is 2.98. The SMILES string of the molecule is Nc1cc(-c2nc(-c3ccc(Br)cn3)no2)[nH]n1. The van der Waals surface area contributed by atoms with Gasteiger partial charge in [-0.3, -0.25) is 10.1 Å². The molecule has 3 aromatic heterocycles. The first-order chi connectivity index (χ1) is 8.72. The Kier molecular flexibility index (Phi) is 2.56. The summed E-state index contributed by atoms with van der Waals surface area (Å²) in [6, 6.07) is 5.26. The fourth-order valence-corrected chi connectivity index (χ4v) is 1.63. The van der Waals surface area contributed by atoms with Crippen LogP contribution in [-0.2, 0) is 0 Å². The van der Waals surface area contributed by atoms with Gasteiger partial charge in [-0.15, -0.1) is 0 Å². The topological polar surface area (TPSA) is 107 Å². The normalized spacial score (nSPS) is 10.7. The maximum absolute atomic E-state index is 5.50. The molecule has 3 aromatic rings. The molecule has 3 heterocycles. The molecule has 0 aliphatic rings. The Morgan fingerprint density at radius 1 is 1.33 bits per heavy atom. The van der Waals surface area contributed by atoms with Crippen molar-refractivity contribution in [3.05, 3.63) is 28.9 Å². The van der Waals surface area contributed by atoms with Gasteiger partial charge in [-0.2, -0.15) is 10.1 Å². The van der Waals surface area contributed by atoms with Crippen LogP contribution in [0.3, 0.4) is 0 Å². The lowest BCUT2D eigenvalue weighted by Crippen LogP contribution is -1.85. The van der Waals surface area contributed by atoms with E-state index in [4.69, 9.17) is 10.3 Å². The minimum atomic E-state index is 0.318. The Balaban J connectivity index is 1.96. The summed E-state index contributed by atoms with van der Waals surface area (Å²) in [5.41, 5.74) is 6.70. The largest absolute Gasteiger partial charge is 0.382 e. The second kappa shape index (κ2) is 4.22. The van der Waals surface area contributed by atoms with Crippen LogP contribution < -0.4 is 5.73 Å². The zero-order valence-corrected chi connectivity index (χ0v) is 10.5. The van der Waals surface area contributed by atoms with Crippen LogP contribution in [0.15, 0.2) is 33.4 Å². The van der Waals surface area contributed by atoms with Gasteiger partial charge in [-0.05, 0) is 28.1 Å². The van der Waals surface area contributed by atoms with Gasteiger partial charge in [0.2, 0.25) is 5.82 Å². The molecule has 90 valence electrons. The molecule has 0 aliphatic heterocycles. The van der Waals surface area contributed by atoms with E-state index in [2.05, 4.69) is 41.3 Å². The summed E-state index contributed by atoms with van der Waals surface area (Å²) in [6.07, 6.45) is 1.67. The molecule has 0 fully saturated rings. The number of hydrogen-bond donors (Lipinski definition) is 2. The van der Waals surface area contributed by atoms with Crippen molar-refractivity contribution < 1.29 is 4.52 Å². The van der Waals surface area contributed by atoms with E-state index < -0.39 is 0 Å². The van der Waals surface area contributed by atoms with Crippen molar-refractivity contribution in [2.45, 2.75) is 0 Å². The average molecular weight is 307 g/mol. The summed E-state index contributed by atoms with van der Waals surface area (Å²) in [4.78, 5) is 8.39. The van der Waals surface area contributed by atoms with Crippen molar-refractivity contribution >= 4 is 21.7 Å². The predicted octanol–water partition coefficient (Wildman–Crippen LogP) is 1.87. The number of rotatable bonds is 2. The molecule has 0 unspecified atom stereocenters. The molecule has 0 bridgehead atoms. The van der Waals surface area contributed by atoms with Gasteiger partial charge in [0.25, 0.3) is 5.89 Å². The molecule has 0 spiro atoms. The van der Waals surface area contributed by atoms with E-state index in [1.165, 1.54) is 0 Å². The Morgan fingerprint density at radius 2 is 2.22 bits per heavy atom. The number of nitrogens with zero attached hydrogens (tertiary/aromatic N) is 4. The van der Waals surface area contributed by atoms with E-state index in [-0.39, 0.29) is 0 Å². The second-order valence-corrected chi connectivity index (χ2v) is 4.41. The number of nitrogens with one attached hydrogen (secondary N) is 1. The fraction of sp³-hybridized carbons (Fsp3) is 0. The third-order valence-corrected chi connectivity index (χ3v) is 2.68. The quantitative estimate of drug-likeness (QED) is 0.748. The Hall–Kier alpha value is -2.22. The first kappa shape index (κ1) is 10.9. The van der Waals surface area contributed by atoms with Crippen molar-refractivity contribution in [3.63, 3.8) is 0 Å². The van der Waals surface area contributed by atoms with Gasteiger partial charge in [0, 0.05) is 16.7 Å². The molecule has 7 nitrogen and oxygen atoms in total. The van der Waals surface area contributed by atoms with Crippen LogP contribution in [-0.4, -0.2) is 25.3 Å². The molecule has 0 aromatic carbocycles. The minimum Gasteiger partial charge on any atom is -0.382 e. The van der Waals surface area contributed by atoms with E-state index in [1.807, 2.05) is 6.07 Å². The van der Waals surface area contributed by atoms with Crippen LogP contribution in [0.2, 0.25) is 0 Å². The van der Waals surface area contributed by atoms with Gasteiger partial charge in [0.1, 0.15) is 17.2 Å². The highest BCUT2D eigenvalue weighted by Crippen LogP contribution is 2.21. The predicted molar refractivity (Wildman–Crippen MR) is 67.2 cm³/mol. The van der Waals surface area contributed by atoms with Gasteiger partial charge in [-0.25, -0.2) is 0 Å². The zero-order chi connectivity index (χ0) is 12.5. The van der Waals surface area contributed by atoms with E-state index in [0.29, 0.717) is 28.9 Å². The second-order valence-electron chi connectivity index (χ2n) is 3.49. The number of H-pyrrole nitrogens is 1. The van der Waals surface area contributed by atoms with Crippen LogP contribution in [0.5, 0.6) is 0 Å². The standard InChI is InChI=1S/C10H7BrN6O/c11-5-1-2-6(13-4-5)9-14-10(18-17-9)7-3-8(12)16-15-7/h1-4H,(H3,12,15,16). The lowest BCUT2D eigenvalue weighted by molar-refractivity contribution is 0.430. The molecule has 0 atom stereocenters. The monoisotopic (exact) mass is 306 g/mol. The summed E-state index contributed by atoms with van der Waals surface area (Å²) in [5.74, 6) is 1.09. The number of aromatic nitrogens is 5. The molecule has 0 amide bonds. The van der Waals surface area contributed by atoms with Crippen LogP contribution >= 0.6 is 15.9 Å². The van der Waals surface area contributed by atoms with Crippen LogP contribution in [0.25, 0.3) is 23.1 Å². The summed E-state index contributed by atoms with van der Waals surface area (Å²) in [7, 11) is 0. The fourth-order valence-electron chi connectivity index (χ4n) is 1.39. The van der Waals surface area contributed by atoms with Crippen LogP contribution in [0.4, 0.5) is 5.82 Å². The first-order valence-corrected chi connectivity index (χ1v) is 5.78. The molecular weight excluding hydrogens is 300 g/mol. The van der Waals surface area contributed by atoms with Gasteiger partial charge >= 0.3 is 0 Å². The van der Waals surface area contributed by atoms with Gasteiger partial charge in [0.15, 0.2) is 0 Å². The third kappa shape index (κ3) is 1.97. The van der Waals surface area contributed by atoms with Crippen LogP contribution in [0.1, 0.15) is 0 Å². The van der Waals surface area contributed by atoms with E-state index >= 15 is 0 Å². The van der Waals surface area contributed by atoms with Crippen molar-refractivity contribution in [2.24, 2.45) is 0 Å². The van der Waals surface area contributed by atoms with Gasteiger partial charge in [-0.1, -0.05) is 5.16 Å². The maximum atomic E-state index is 5.50. The van der Waals surface area contributed by atoms with E-state index in [9.17, 15) is 0 Å². The molecule has 0 aliphatic carbocycles. The minimum absolute atomic E-state index is 0.318. The molecule has 8 heteroatoms. The third-order valence-electron chi connectivity index (χ3n) is 2.21. The number of nitrogen functional groups attached to an aromatic ring is 1. The lowest BCUT2D eigenvalue weighted by atomic mass is 10.3. The summed E-state index contributed by atoms with van der Waals surface area (Å²) in [6.45, 7) is 0. The van der Waals surface area contributed by atoms with Crippen molar-refractivity contribution in [1.82, 2.24) is 25.3 Å². The molecule has 3 rings (SSSR count). The summed E-state index contributed by atoms with van der Waals surface area (Å²) >= 11 is 3.31. The Labute approximate surface area is 110 Å². The lowest BCUT2D eigenvalue weighted by Gasteiger charge is -1.92. The highest BCUT2D eigenvalue weighted by Gasteiger charge is 2.13. The van der Waals surface area contributed by atoms with Crippen molar-refractivity contribution in [2.75, 3.05) is 5.73 Å². The Bertz CT molecular complexity index is 674. The Morgan fingerprint density at radius 3 is 2.89 bits per heavy atom. The highest BCUT2D eigenvalue weighted by atomic mass is 79.9. The number of aromatic amines is 1. The number of hydrogen-bond acceptors (Lipinski definition) is 6. The zero-order valence-electron chi connectivity index (χ0n) is 8.96. The number of pyridine rings is 1. The molecular formula is C10H7BrN6O. The summed E-state index contributed by atoms with van der Waals surface area (Å²) < 4.78 is 5.99. The van der Waals surface area contributed by atoms with Crippen molar-refractivity contribution in [1.29, 1.82) is 0 Å². The highest BCUT2D eigenvalue weighted by molar-refractivity contribution is 9.10.